The minimum atomic E-state index is -0.545. The molecule has 0 aromatic heterocycles. The first-order valence-electron chi connectivity index (χ1n) is 3.10. The third kappa shape index (κ3) is 17.7. The number of ether oxygens (including phenoxy) is 1. The molecule has 62 valence electrons. The maximum Gasteiger partial charge on any atom is 0.313 e. The van der Waals surface area contributed by atoms with E-state index in [2.05, 4.69) is 4.74 Å². The van der Waals surface area contributed by atoms with Crippen LogP contribution in [0.2, 0.25) is 0 Å². The van der Waals surface area contributed by atoms with Crippen molar-refractivity contribution in [3.8, 4) is 6.07 Å². The predicted octanol–water partition coefficient (Wildman–Crippen LogP) is 1.02. The van der Waals surface area contributed by atoms with E-state index in [1.54, 1.807) is 13.0 Å². The Morgan fingerprint density at radius 3 is 2.00 bits per heavy atom. The van der Waals surface area contributed by atoms with Crippen molar-refractivity contribution >= 4 is 11.9 Å². The third-order valence-corrected chi connectivity index (χ3v) is 0.546. The molecule has 0 spiro atoms. The summed E-state index contributed by atoms with van der Waals surface area (Å²) in [6.45, 7) is 4.26. The van der Waals surface area contributed by atoms with Gasteiger partial charge >= 0.3 is 11.9 Å². The lowest BCUT2D eigenvalue weighted by atomic mass is 10.5. The number of carbonyl (C=O) groups is 2. The van der Waals surface area contributed by atoms with Gasteiger partial charge in [0.25, 0.3) is 0 Å². The van der Waals surface area contributed by atoms with Gasteiger partial charge in [0, 0.05) is 20.3 Å². The number of carbonyl (C=O) groups excluding carboxylic acids is 2. The first-order chi connectivity index (χ1) is 5.08. The fourth-order valence-electron chi connectivity index (χ4n) is 0.232. The Balaban J connectivity index is 0. The van der Waals surface area contributed by atoms with E-state index in [0.717, 1.165) is 0 Å². The van der Waals surface area contributed by atoms with Crippen molar-refractivity contribution in [2.45, 2.75) is 27.2 Å². The summed E-state index contributed by atoms with van der Waals surface area (Å²) in [7, 11) is 0. The van der Waals surface area contributed by atoms with E-state index in [1.807, 2.05) is 0 Å². The number of nitrogens with zero attached hydrogens (tertiary/aromatic N) is 1. The van der Waals surface area contributed by atoms with Gasteiger partial charge < -0.3 is 4.74 Å². The molecular weight excluding hydrogens is 146 g/mol. The van der Waals surface area contributed by atoms with Crippen molar-refractivity contribution < 1.29 is 14.3 Å². The largest absolute Gasteiger partial charge is 0.393 e. The van der Waals surface area contributed by atoms with E-state index in [9.17, 15) is 9.59 Å². The number of rotatable bonds is 1. The van der Waals surface area contributed by atoms with Crippen LogP contribution < -0.4 is 0 Å². The zero-order valence-electron chi connectivity index (χ0n) is 6.88. The molecule has 0 saturated heterocycles. The van der Waals surface area contributed by atoms with Crippen molar-refractivity contribution in [1.29, 1.82) is 5.26 Å². The Kier molecular flexibility index (Phi) is 9.67. The molecule has 11 heavy (non-hydrogen) atoms. The Labute approximate surface area is 65.8 Å². The quantitative estimate of drug-likeness (QED) is 0.421. The van der Waals surface area contributed by atoms with Crippen LogP contribution >= 0.6 is 0 Å². The minimum Gasteiger partial charge on any atom is -0.393 e. The Hall–Kier alpha value is -1.37. The highest BCUT2D eigenvalue weighted by atomic mass is 16.6. The van der Waals surface area contributed by atoms with Gasteiger partial charge in [-0.15, -0.1) is 0 Å². The maximum absolute atomic E-state index is 10.2. The summed E-state index contributed by atoms with van der Waals surface area (Å²) in [5.41, 5.74) is 0. The van der Waals surface area contributed by atoms with Crippen LogP contribution in [0.3, 0.4) is 0 Å². The average molecular weight is 157 g/mol. The van der Waals surface area contributed by atoms with Crippen molar-refractivity contribution in [3.05, 3.63) is 0 Å². The molecule has 0 aromatic rings. The molecule has 0 bridgehead atoms. The van der Waals surface area contributed by atoms with E-state index in [4.69, 9.17) is 5.26 Å². The van der Waals surface area contributed by atoms with Crippen LogP contribution in [0.4, 0.5) is 0 Å². The van der Waals surface area contributed by atoms with Crippen LogP contribution in [0.5, 0.6) is 0 Å². The van der Waals surface area contributed by atoms with E-state index in [-0.39, 0.29) is 6.42 Å². The molecule has 0 rings (SSSR count). The fourth-order valence-corrected chi connectivity index (χ4v) is 0.232. The number of esters is 2. The standard InChI is InChI=1S/C5H8O3.C2H3N/c1-3-5(7)8-4(2)6;1-2-3/h3H2,1-2H3;1H3. The van der Waals surface area contributed by atoms with Gasteiger partial charge in [-0.1, -0.05) is 6.92 Å². The molecule has 0 aromatic carbocycles. The normalized spacial score (nSPS) is 6.73. The number of nitriles is 1. The summed E-state index contributed by atoms with van der Waals surface area (Å²) in [5.74, 6) is -1.02. The Morgan fingerprint density at radius 2 is 1.91 bits per heavy atom. The smallest absolute Gasteiger partial charge is 0.313 e. The molecule has 4 heteroatoms. The molecule has 0 N–H and O–H groups in total. The summed E-state index contributed by atoms with van der Waals surface area (Å²) >= 11 is 0. The molecule has 0 aliphatic rings. The molecule has 0 saturated carbocycles. The van der Waals surface area contributed by atoms with E-state index in [0.29, 0.717) is 0 Å². The lowest BCUT2D eigenvalue weighted by Gasteiger charge is -1.92. The number of hydrogen-bond donors (Lipinski definition) is 0. The second-order valence-electron chi connectivity index (χ2n) is 1.54. The van der Waals surface area contributed by atoms with Crippen LogP contribution in [-0.4, -0.2) is 11.9 Å². The summed E-state index contributed by atoms with van der Waals surface area (Å²) in [4.78, 5) is 20.1. The van der Waals surface area contributed by atoms with Crippen LogP contribution in [-0.2, 0) is 14.3 Å². The molecule has 0 unspecified atom stereocenters. The van der Waals surface area contributed by atoms with Crippen molar-refractivity contribution in [1.82, 2.24) is 0 Å². The highest BCUT2D eigenvalue weighted by Gasteiger charge is 1.99. The molecule has 0 aliphatic heterocycles. The highest BCUT2D eigenvalue weighted by Crippen LogP contribution is 1.82. The second kappa shape index (κ2) is 8.63. The summed E-state index contributed by atoms with van der Waals surface area (Å²) < 4.78 is 4.12. The molecular formula is C7H11NO3. The van der Waals surface area contributed by atoms with Crippen LogP contribution in [0.25, 0.3) is 0 Å². The van der Waals surface area contributed by atoms with E-state index in [1.165, 1.54) is 13.8 Å². The van der Waals surface area contributed by atoms with Crippen molar-refractivity contribution in [2.24, 2.45) is 0 Å². The molecule has 0 amide bonds. The molecule has 0 radical (unpaired) electrons. The Bertz CT molecular complexity index is 169. The fraction of sp³-hybridized carbons (Fsp3) is 0.571. The zero-order chi connectivity index (χ0) is 9.28. The topological polar surface area (TPSA) is 67.2 Å². The molecule has 0 aliphatic carbocycles. The molecule has 0 heterocycles. The van der Waals surface area contributed by atoms with Gasteiger partial charge in [-0.3, -0.25) is 9.59 Å². The highest BCUT2D eigenvalue weighted by molar-refractivity contribution is 5.83. The first-order valence-corrected chi connectivity index (χ1v) is 3.10. The van der Waals surface area contributed by atoms with Gasteiger partial charge in [0.15, 0.2) is 0 Å². The van der Waals surface area contributed by atoms with Crippen LogP contribution in [0, 0.1) is 11.3 Å². The minimum absolute atomic E-state index is 0.250. The van der Waals surface area contributed by atoms with Crippen LogP contribution in [0.15, 0.2) is 0 Å². The average Bonchev–Trinajstić information content (AvgIpc) is 1.88. The zero-order valence-corrected chi connectivity index (χ0v) is 6.88. The molecule has 0 fully saturated rings. The molecule has 4 nitrogen and oxygen atoms in total. The monoisotopic (exact) mass is 157 g/mol. The lowest BCUT2D eigenvalue weighted by molar-refractivity contribution is -0.157. The van der Waals surface area contributed by atoms with Gasteiger partial charge in [-0.25, -0.2) is 0 Å². The van der Waals surface area contributed by atoms with Gasteiger partial charge in [-0.2, -0.15) is 5.26 Å². The first kappa shape index (κ1) is 12.3. The van der Waals surface area contributed by atoms with E-state index >= 15 is 0 Å². The van der Waals surface area contributed by atoms with Gasteiger partial charge in [-0.05, 0) is 0 Å². The van der Waals surface area contributed by atoms with Gasteiger partial charge in [0.2, 0.25) is 0 Å². The van der Waals surface area contributed by atoms with Gasteiger partial charge in [0.05, 0.1) is 6.07 Å². The summed E-state index contributed by atoms with van der Waals surface area (Å²) in [6.07, 6.45) is 0.250. The van der Waals surface area contributed by atoms with Crippen molar-refractivity contribution in [3.63, 3.8) is 0 Å². The van der Waals surface area contributed by atoms with Gasteiger partial charge in [0.1, 0.15) is 0 Å². The number of hydrogen-bond acceptors (Lipinski definition) is 4. The van der Waals surface area contributed by atoms with Crippen molar-refractivity contribution in [2.75, 3.05) is 0 Å². The maximum atomic E-state index is 10.2. The second-order valence-corrected chi connectivity index (χ2v) is 1.54. The summed E-state index contributed by atoms with van der Waals surface area (Å²) in [5, 5.41) is 7.32. The lowest BCUT2D eigenvalue weighted by Crippen LogP contribution is -2.06. The predicted molar refractivity (Wildman–Crippen MR) is 38.4 cm³/mol. The SMILES string of the molecule is CC#N.CCC(=O)OC(C)=O. The third-order valence-electron chi connectivity index (χ3n) is 0.546. The Morgan fingerprint density at radius 1 is 1.55 bits per heavy atom. The summed E-state index contributed by atoms with van der Waals surface area (Å²) in [6, 6.07) is 1.75. The van der Waals surface area contributed by atoms with E-state index < -0.39 is 11.9 Å². The molecule has 0 atom stereocenters. The van der Waals surface area contributed by atoms with Crippen LogP contribution in [0.1, 0.15) is 27.2 Å².